The van der Waals surface area contributed by atoms with E-state index in [0.29, 0.717) is 16.1 Å². The molecule has 1 atom stereocenters. The van der Waals surface area contributed by atoms with Gasteiger partial charge in [-0.05, 0) is 55.3 Å². The van der Waals surface area contributed by atoms with Gasteiger partial charge < -0.3 is 5.11 Å². The molecule has 0 spiro atoms. The topological polar surface area (TPSA) is 20.2 Å². The second-order valence-electron chi connectivity index (χ2n) is 4.37. The van der Waals surface area contributed by atoms with Crippen LogP contribution in [-0.2, 0) is 0 Å². The highest BCUT2D eigenvalue weighted by atomic mass is 35.5. The number of aryl methyl sites for hydroxylation is 1. The van der Waals surface area contributed by atoms with Crippen molar-refractivity contribution in [1.29, 1.82) is 0 Å². The Morgan fingerprint density at radius 1 is 1.26 bits per heavy atom. The molecular formula is C15H14ClFOS. The van der Waals surface area contributed by atoms with Crippen molar-refractivity contribution in [2.45, 2.75) is 29.7 Å². The standard InChI is InChI=1S/C15H14ClFOS/c1-9-6-15(13(10(2)18)8-14(9)17)19-12-5-3-4-11(16)7-12/h3-8,10,18H,1-2H3/t10-/m0/s1. The summed E-state index contributed by atoms with van der Waals surface area (Å²) in [5.74, 6) is -0.300. The molecule has 0 heterocycles. The first kappa shape index (κ1) is 14.4. The molecule has 0 unspecified atom stereocenters. The van der Waals surface area contributed by atoms with Crippen LogP contribution in [0.2, 0.25) is 5.02 Å². The largest absolute Gasteiger partial charge is 0.389 e. The molecule has 0 aromatic heterocycles. The number of aliphatic hydroxyl groups is 1. The Labute approximate surface area is 121 Å². The van der Waals surface area contributed by atoms with Gasteiger partial charge in [0.15, 0.2) is 0 Å². The van der Waals surface area contributed by atoms with Crippen molar-refractivity contribution in [1.82, 2.24) is 0 Å². The zero-order valence-electron chi connectivity index (χ0n) is 10.7. The highest BCUT2D eigenvalue weighted by molar-refractivity contribution is 7.99. The van der Waals surface area contributed by atoms with Crippen LogP contribution < -0.4 is 0 Å². The Morgan fingerprint density at radius 2 is 2.00 bits per heavy atom. The minimum atomic E-state index is -0.711. The average Bonchev–Trinajstić information content (AvgIpc) is 2.33. The van der Waals surface area contributed by atoms with Crippen molar-refractivity contribution in [3.63, 3.8) is 0 Å². The van der Waals surface area contributed by atoms with Gasteiger partial charge in [-0.25, -0.2) is 4.39 Å². The summed E-state index contributed by atoms with van der Waals surface area (Å²) in [6, 6.07) is 10.6. The SMILES string of the molecule is Cc1cc(Sc2cccc(Cl)c2)c([C@H](C)O)cc1F. The van der Waals surface area contributed by atoms with Crippen LogP contribution in [0.5, 0.6) is 0 Å². The van der Waals surface area contributed by atoms with E-state index in [0.717, 1.165) is 9.79 Å². The fourth-order valence-electron chi connectivity index (χ4n) is 1.74. The first-order chi connectivity index (χ1) is 8.97. The van der Waals surface area contributed by atoms with E-state index < -0.39 is 6.10 Å². The van der Waals surface area contributed by atoms with Crippen molar-refractivity contribution in [3.05, 3.63) is 58.4 Å². The third-order valence-electron chi connectivity index (χ3n) is 2.77. The Balaban J connectivity index is 2.41. The predicted molar refractivity (Wildman–Crippen MR) is 77.3 cm³/mol. The maximum atomic E-state index is 13.6. The number of rotatable bonds is 3. The summed E-state index contributed by atoms with van der Waals surface area (Å²) in [6.07, 6.45) is -0.711. The third kappa shape index (κ3) is 3.50. The van der Waals surface area contributed by atoms with Crippen molar-refractivity contribution < 1.29 is 9.50 Å². The summed E-state index contributed by atoms with van der Waals surface area (Å²) in [4.78, 5) is 1.80. The van der Waals surface area contributed by atoms with E-state index in [2.05, 4.69) is 0 Å². The zero-order chi connectivity index (χ0) is 14.0. The second kappa shape index (κ2) is 5.95. The average molecular weight is 297 g/mol. The molecule has 0 aliphatic rings. The first-order valence-corrected chi connectivity index (χ1v) is 7.08. The predicted octanol–water partition coefficient (Wildman–Crippen LogP) is 4.99. The molecular weight excluding hydrogens is 283 g/mol. The van der Waals surface area contributed by atoms with Crippen molar-refractivity contribution in [2.24, 2.45) is 0 Å². The monoisotopic (exact) mass is 296 g/mol. The Kier molecular flexibility index (Phi) is 4.50. The van der Waals surface area contributed by atoms with Gasteiger partial charge in [0.25, 0.3) is 0 Å². The van der Waals surface area contributed by atoms with Gasteiger partial charge in [-0.3, -0.25) is 0 Å². The van der Waals surface area contributed by atoms with Gasteiger partial charge in [0, 0.05) is 14.8 Å². The molecule has 2 aromatic rings. The van der Waals surface area contributed by atoms with E-state index in [1.807, 2.05) is 18.2 Å². The molecule has 0 fully saturated rings. The molecule has 0 aliphatic heterocycles. The number of halogens is 2. The van der Waals surface area contributed by atoms with Crippen LogP contribution in [0, 0.1) is 12.7 Å². The number of aliphatic hydroxyl groups excluding tert-OH is 1. The van der Waals surface area contributed by atoms with Gasteiger partial charge in [-0.15, -0.1) is 0 Å². The minimum absolute atomic E-state index is 0.300. The van der Waals surface area contributed by atoms with E-state index >= 15 is 0 Å². The molecule has 1 N–H and O–H groups in total. The van der Waals surface area contributed by atoms with Crippen LogP contribution in [0.15, 0.2) is 46.2 Å². The molecule has 4 heteroatoms. The maximum Gasteiger partial charge on any atom is 0.126 e. The highest BCUT2D eigenvalue weighted by Crippen LogP contribution is 2.35. The Hall–Kier alpha value is -1.03. The van der Waals surface area contributed by atoms with Crippen LogP contribution in [-0.4, -0.2) is 5.11 Å². The lowest BCUT2D eigenvalue weighted by molar-refractivity contribution is 0.196. The quantitative estimate of drug-likeness (QED) is 0.861. The lowest BCUT2D eigenvalue weighted by atomic mass is 10.1. The van der Waals surface area contributed by atoms with Crippen molar-refractivity contribution >= 4 is 23.4 Å². The van der Waals surface area contributed by atoms with E-state index in [9.17, 15) is 9.50 Å². The zero-order valence-corrected chi connectivity index (χ0v) is 12.2. The van der Waals surface area contributed by atoms with Crippen LogP contribution in [0.1, 0.15) is 24.2 Å². The van der Waals surface area contributed by atoms with E-state index in [-0.39, 0.29) is 5.82 Å². The fourth-order valence-corrected chi connectivity index (χ4v) is 3.17. The van der Waals surface area contributed by atoms with Gasteiger partial charge >= 0.3 is 0 Å². The summed E-state index contributed by atoms with van der Waals surface area (Å²) >= 11 is 7.42. The molecule has 0 bridgehead atoms. The van der Waals surface area contributed by atoms with Gasteiger partial charge in [0.2, 0.25) is 0 Å². The lowest BCUT2D eigenvalue weighted by Gasteiger charge is -2.13. The van der Waals surface area contributed by atoms with Gasteiger partial charge in [0.05, 0.1) is 6.10 Å². The molecule has 19 heavy (non-hydrogen) atoms. The molecule has 1 nitrogen and oxygen atoms in total. The lowest BCUT2D eigenvalue weighted by Crippen LogP contribution is -1.97. The van der Waals surface area contributed by atoms with Gasteiger partial charge in [0.1, 0.15) is 5.82 Å². The molecule has 0 saturated carbocycles. The van der Waals surface area contributed by atoms with E-state index in [1.54, 1.807) is 26.0 Å². The van der Waals surface area contributed by atoms with Gasteiger partial charge in [-0.1, -0.05) is 29.4 Å². The summed E-state index contributed by atoms with van der Waals surface area (Å²) in [7, 11) is 0. The minimum Gasteiger partial charge on any atom is -0.389 e. The number of benzene rings is 2. The van der Waals surface area contributed by atoms with E-state index in [4.69, 9.17) is 11.6 Å². The third-order valence-corrected chi connectivity index (χ3v) is 4.06. The van der Waals surface area contributed by atoms with Crippen LogP contribution in [0.25, 0.3) is 0 Å². The summed E-state index contributed by atoms with van der Waals surface area (Å²) in [5, 5.41) is 10.4. The molecule has 0 aliphatic carbocycles. The maximum absolute atomic E-state index is 13.6. The van der Waals surface area contributed by atoms with Crippen LogP contribution in [0.3, 0.4) is 0 Å². The van der Waals surface area contributed by atoms with Crippen molar-refractivity contribution in [2.75, 3.05) is 0 Å². The normalized spacial score (nSPS) is 12.5. The Morgan fingerprint density at radius 3 is 2.63 bits per heavy atom. The molecule has 2 rings (SSSR count). The smallest absolute Gasteiger partial charge is 0.126 e. The first-order valence-electron chi connectivity index (χ1n) is 5.89. The molecule has 2 aromatic carbocycles. The van der Waals surface area contributed by atoms with Gasteiger partial charge in [-0.2, -0.15) is 0 Å². The second-order valence-corrected chi connectivity index (χ2v) is 5.93. The fraction of sp³-hybridized carbons (Fsp3) is 0.200. The number of hydrogen-bond acceptors (Lipinski definition) is 2. The molecule has 100 valence electrons. The van der Waals surface area contributed by atoms with E-state index in [1.165, 1.54) is 17.8 Å². The highest BCUT2D eigenvalue weighted by Gasteiger charge is 2.13. The Bertz CT molecular complexity index is 599. The summed E-state index contributed by atoms with van der Waals surface area (Å²) in [6.45, 7) is 3.34. The van der Waals surface area contributed by atoms with Crippen LogP contribution >= 0.6 is 23.4 Å². The van der Waals surface area contributed by atoms with Crippen molar-refractivity contribution in [3.8, 4) is 0 Å². The molecule has 0 radical (unpaired) electrons. The van der Waals surface area contributed by atoms with Crippen LogP contribution in [0.4, 0.5) is 4.39 Å². The molecule has 0 saturated heterocycles. The molecule has 0 amide bonds. The summed E-state index contributed by atoms with van der Waals surface area (Å²) < 4.78 is 13.6. The summed E-state index contributed by atoms with van der Waals surface area (Å²) in [5.41, 5.74) is 1.15. The number of hydrogen-bond donors (Lipinski definition) is 1.